The predicted octanol–water partition coefficient (Wildman–Crippen LogP) is 3.32. The largest absolute Gasteiger partial charge is 0.496 e. The smallest absolute Gasteiger partial charge is 0.235 e. The van der Waals surface area contributed by atoms with Crippen molar-refractivity contribution in [3.8, 4) is 5.75 Å². The minimum atomic E-state index is -0.426. The van der Waals surface area contributed by atoms with Crippen molar-refractivity contribution in [3.63, 3.8) is 0 Å². The fraction of sp³-hybridized carbons (Fsp3) is 0.500. The Hall–Kier alpha value is -1.16. The summed E-state index contributed by atoms with van der Waals surface area (Å²) in [5.41, 5.74) is 1.60. The van der Waals surface area contributed by atoms with Gasteiger partial charge in [0.15, 0.2) is 0 Å². The molecule has 5 heteroatoms. The van der Waals surface area contributed by atoms with Gasteiger partial charge in [-0.1, -0.05) is 0 Å². The minimum absolute atomic E-state index is 0.426. The van der Waals surface area contributed by atoms with Gasteiger partial charge < -0.3 is 9.47 Å². The Kier molecular flexibility index (Phi) is 4.40. The third kappa shape index (κ3) is 2.59. The molecular formula is C14H16BrNO3. The van der Waals surface area contributed by atoms with Crippen molar-refractivity contribution >= 4 is 22.0 Å². The lowest BCUT2D eigenvalue weighted by molar-refractivity contribution is 0.177. The molecule has 0 aliphatic heterocycles. The van der Waals surface area contributed by atoms with Crippen LogP contribution in [0.5, 0.6) is 5.75 Å². The second-order valence-electron chi connectivity index (χ2n) is 4.67. The molecule has 1 aromatic carbocycles. The van der Waals surface area contributed by atoms with Crippen LogP contribution in [-0.4, -0.2) is 20.3 Å². The van der Waals surface area contributed by atoms with E-state index in [-0.39, 0.29) is 0 Å². The number of rotatable bonds is 5. The molecule has 0 N–H and O–H groups in total. The predicted molar refractivity (Wildman–Crippen MR) is 75.1 cm³/mol. The van der Waals surface area contributed by atoms with Gasteiger partial charge in [-0.15, -0.1) is 0 Å². The van der Waals surface area contributed by atoms with Gasteiger partial charge in [0.2, 0.25) is 6.08 Å². The van der Waals surface area contributed by atoms with E-state index in [4.69, 9.17) is 9.47 Å². The summed E-state index contributed by atoms with van der Waals surface area (Å²) in [7, 11) is 3.27. The molecule has 0 unspecified atom stereocenters. The van der Waals surface area contributed by atoms with Gasteiger partial charge in [0.1, 0.15) is 5.75 Å². The second kappa shape index (κ2) is 5.87. The standard InChI is InChI=1S/C14H16BrNO3/c1-18-8-10-6-13(19-2)12(15)7-11(10)14(16-9-17)4-3-5-14/h6-7H,3-5,8H2,1-2H3. The van der Waals surface area contributed by atoms with E-state index < -0.39 is 5.54 Å². The first-order valence-electron chi connectivity index (χ1n) is 6.11. The van der Waals surface area contributed by atoms with Crippen molar-refractivity contribution in [2.24, 2.45) is 4.99 Å². The van der Waals surface area contributed by atoms with Crippen LogP contribution in [0.2, 0.25) is 0 Å². The fourth-order valence-electron chi connectivity index (χ4n) is 2.50. The summed E-state index contributed by atoms with van der Waals surface area (Å²) < 4.78 is 11.4. The molecule has 1 aliphatic rings. The third-order valence-corrected chi connectivity index (χ3v) is 4.24. The molecule has 0 radical (unpaired) electrons. The van der Waals surface area contributed by atoms with Gasteiger partial charge in [0.25, 0.3) is 0 Å². The van der Waals surface area contributed by atoms with Crippen molar-refractivity contribution in [2.75, 3.05) is 14.2 Å². The summed E-state index contributed by atoms with van der Waals surface area (Å²) in [6.07, 6.45) is 4.53. The van der Waals surface area contributed by atoms with E-state index in [0.29, 0.717) is 6.61 Å². The molecule has 0 atom stereocenters. The van der Waals surface area contributed by atoms with Crippen LogP contribution >= 0.6 is 15.9 Å². The molecule has 2 rings (SSSR count). The van der Waals surface area contributed by atoms with E-state index in [1.807, 2.05) is 12.1 Å². The first-order chi connectivity index (χ1) is 9.16. The maximum absolute atomic E-state index is 10.7. The van der Waals surface area contributed by atoms with Crippen LogP contribution in [0, 0.1) is 0 Å². The normalized spacial score (nSPS) is 16.4. The van der Waals surface area contributed by atoms with Crippen LogP contribution in [0.3, 0.4) is 0 Å². The van der Waals surface area contributed by atoms with Crippen LogP contribution in [0.25, 0.3) is 0 Å². The number of isocyanates is 1. The molecule has 1 aliphatic carbocycles. The van der Waals surface area contributed by atoms with E-state index in [2.05, 4.69) is 20.9 Å². The van der Waals surface area contributed by atoms with E-state index in [1.54, 1.807) is 20.3 Å². The minimum Gasteiger partial charge on any atom is -0.496 e. The summed E-state index contributed by atoms with van der Waals surface area (Å²) in [5, 5.41) is 0. The zero-order valence-corrected chi connectivity index (χ0v) is 12.6. The summed E-state index contributed by atoms with van der Waals surface area (Å²) in [6, 6.07) is 3.91. The highest BCUT2D eigenvalue weighted by Crippen LogP contribution is 2.48. The van der Waals surface area contributed by atoms with E-state index >= 15 is 0 Å². The third-order valence-electron chi connectivity index (χ3n) is 3.62. The van der Waals surface area contributed by atoms with E-state index in [9.17, 15) is 4.79 Å². The van der Waals surface area contributed by atoms with E-state index in [0.717, 1.165) is 40.6 Å². The van der Waals surface area contributed by atoms with Gasteiger partial charge in [-0.2, -0.15) is 4.99 Å². The van der Waals surface area contributed by atoms with E-state index in [1.165, 1.54) is 0 Å². The average Bonchev–Trinajstić information content (AvgIpc) is 2.36. The van der Waals surface area contributed by atoms with Crippen LogP contribution in [0.1, 0.15) is 30.4 Å². The summed E-state index contributed by atoms with van der Waals surface area (Å²) in [5.74, 6) is 0.750. The lowest BCUT2D eigenvalue weighted by Gasteiger charge is -2.38. The second-order valence-corrected chi connectivity index (χ2v) is 5.52. The Balaban J connectivity index is 2.54. The van der Waals surface area contributed by atoms with Crippen LogP contribution in [-0.2, 0) is 21.7 Å². The maximum atomic E-state index is 10.7. The SMILES string of the molecule is COCc1cc(OC)c(Br)cc1C1(N=C=O)CCC1. The maximum Gasteiger partial charge on any atom is 0.235 e. The highest BCUT2D eigenvalue weighted by atomic mass is 79.9. The van der Waals surface area contributed by atoms with Gasteiger partial charge in [-0.3, -0.25) is 0 Å². The fourth-order valence-corrected chi connectivity index (χ4v) is 3.01. The highest BCUT2D eigenvalue weighted by molar-refractivity contribution is 9.10. The number of halogens is 1. The van der Waals surface area contributed by atoms with Gasteiger partial charge in [-0.25, -0.2) is 4.79 Å². The molecule has 1 saturated carbocycles. The zero-order valence-electron chi connectivity index (χ0n) is 11.0. The first-order valence-corrected chi connectivity index (χ1v) is 6.91. The topological polar surface area (TPSA) is 47.9 Å². The molecule has 0 amide bonds. The Labute approximate surface area is 120 Å². The molecule has 102 valence electrons. The number of benzene rings is 1. The number of carbonyl (C=O) groups excluding carboxylic acids is 1. The van der Waals surface area contributed by atoms with Crippen molar-refractivity contribution in [1.29, 1.82) is 0 Å². The number of ether oxygens (including phenoxy) is 2. The Bertz CT molecular complexity index is 520. The quantitative estimate of drug-likeness (QED) is 0.616. The first kappa shape index (κ1) is 14.3. The highest BCUT2D eigenvalue weighted by Gasteiger charge is 2.40. The zero-order chi connectivity index (χ0) is 13.9. The Morgan fingerprint density at radius 2 is 2.16 bits per heavy atom. The molecule has 1 aromatic rings. The summed E-state index contributed by atoms with van der Waals surface area (Å²) >= 11 is 3.48. The molecule has 19 heavy (non-hydrogen) atoms. The van der Waals surface area contributed by atoms with Crippen molar-refractivity contribution in [1.82, 2.24) is 0 Å². The van der Waals surface area contributed by atoms with Crippen molar-refractivity contribution in [2.45, 2.75) is 31.4 Å². The molecule has 1 fully saturated rings. The van der Waals surface area contributed by atoms with Crippen LogP contribution in [0.4, 0.5) is 0 Å². The number of methoxy groups -OCH3 is 2. The molecule has 0 aromatic heterocycles. The molecule has 4 nitrogen and oxygen atoms in total. The molecular weight excluding hydrogens is 310 g/mol. The summed E-state index contributed by atoms with van der Waals surface area (Å²) in [4.78, 5) is 14.8. The lowest BCUT2D eigenvalue weighted by atomic mass is 9.71. The van der Waals surface area contributed by atoms with Crippen LogP contribution < -0.4 is 4.74 Å². The lowest BCUT2D eigenvalue weighted by Crippen LogP contribution is -2.33. The Morgan fingerprint density at radius 1 is 1.42 bits per heavy atom. The monoisotopic (exact) mass is 325 g/mol. The molecule has 0 heterocycles. The molecule has 0 spiro atoms. The van der Waals surface area contributed by atoms with Gasteiger partial charge in [-0.05, 0) is 58.5 Å². The number of aliphatic imine (C=N–C) groups is 1. The number of nitrogens with zero attached hydrogens (tertiary/aromatic N) is 1. The van der Waals surface area contributed by atoms with Crippen LogP contribution in [0.15, 0.2) is 21.6 Å². The summed E-state index contributed by atoms with van der Waals surface area (Å²) in [6.45, 7) is 0.467. The number of hydrogen-bond donors (Lipinski definition) is 0. The number of hydrogen-bond acceptors (Lipinski definition) is 4. The van der Waals surface area contributed by atoms with Gasteiger partial charge in [0.05, 0.1) is 23.7 Å². The van der Waals surface area contributed by atoms with Crippen molar-refractivity contribution in [3.05, 3.63) is 27.7 Å². The molecule has 0 bridgehead atoms. The van der Waals surface area contributed by atoms with Crippen molar-refractivity contribution < 1.29 is 14.3 Å². The van der Waals surface area contributed by atoms with Gasteiger partial charge in [0, 0.05) is 7.11 Å². The van der Waals surface area contributed by atoms with Gasteiger partial charge >= 0.3 is 0 Å². The molecule has 0 saturated heterocycles. The average molecular weight is 326 g/mol. The Morgan fingerprint density at radius 3 is 2.63 bits per heavy atom.